The average molecular weight is 708 g/mol. The van der Waals surface area contributed by atoms with Crippen molar-refractivity contribution < 1.29 is 46.8 Å². The van der Waals surface area contributed by atoms with Gasteiger partial charge in [0.2, 0.25) is 16.8 Å². The molecule has 3 aliphatic rings. The molecule has 0 aromatic heterocycles. The van der Waals surface area contributed by atoms with Crippen molar-refractivity contribution >= 4 is 33.1 Å². The highest BCUT2D eigenvalue weighted by Crippen LogP contribution is 2.36. The fraction of sp³-hybridized carbons (Fsp3) is 0.576. The van der Waals surface area contributed by atoms with Gasteiger partial charge in [0.15, 0.2) is 17.8 Å². The Morgan fingerprint density at radius 3 is 2.67 bits per heavy atom. The number of ether oxygens (including phenoxy) is 5. The van der Waals surface area contributed by atoms with E-state index in [-0.39, 0.29) is 49.0 Å². The van der Waals surface area contributed by atoms with E-state index in [1.54, 1.807) is 12.3 Å². The van der Waals surface area contributed by atoms with Gasteiger partial charge in [0, 0.05) is 25.7 Å². The number of carbonyl (C=O) groups excluding carboxylic acids is 2. The molecule has 3 aliphatic heterocycles. The average Bonchev–Trinajstić information content (AvgIpc) is 3.81. The Morgan fingerprint density at radius 1 is 1.12 bits per heavy atom. The van der Waals surface area contributed by atoms with E-state index in [0.717, 1.165) is 17.3 Å². The summed E-state index contributed by atoms with van der Waals surface area (Å²) in [5.74, 6) is 0.700. The van der Waals surface area contributed by atoms with E-state index < -0.39 is 46.1 Å². The lowest BCUT2D eigenvalue weighted by Crippen LogP contribution is -2.52. The second-order valence-electron chi connectivity index (χ2n) is 13.0. The summed E-state index contributed by atoms with van der Waals surface area (Å²) in [5, 5.41) is 17.3. The van der Waals surface area contributed by atoms with E-state index in [1.807, 2.05) is 44.2 Å². The topological polar surface area (TPSA) is 162 Å². The van der Waals surface area contributed by atoms with Crippen LogP contribution in [0.3, 0.4) is 0 Å². The maximum atomic E-state index is 14.3. The molecular weight excluding hydrogens is 663 g/mol. The first kappa shape index (κ1) is 36.2. The molecule has 264 valence electrons. The van der Waals surface area contributed by atoms with E-state index in [4.69, 9.17) is 23.7 Å². The molecule has 0 radical (unpaired) electrons. The highest BCUT2D eigenvalue weighted by atomic mass is 32.2. The fourth-order valence-electron chi connectivity index (χ4n) is 6.18. The molecule has 2 aromatic carbocycles. The van der Waals surface area contributed by atoms with Gasteiger partial charge in [-0.3, -0.25) is 4.79 Å². The number of fused-ring (bicyclic) bond motifs is 2. The van der Waals surface area contributed by atoms with Crippen molar-refractivity contribution in [3.05, 3.63) is 54.1 Å². The zero-order chi connectivity index (χ0) is 34.3. The van der Waals surface area contributed by atoms with Gasteiger partial charge in [0.1, 0.15) is 6.10 Å². The number of carbonyl (C=O) groups is 2. The molecule has 0 aliphatic carbocycles. The Balaban J connectivity index is 1.35. The van der Waals surface area contributed by atoms with Gasteiger partial charge in [-0.05, 0) is 55.1 Å². The van der Waals surface area contributed by atoms with Gasteiger partial charge in [0.05, 0.1) is 36.2 Å². The minimum atomic E-state index is -4.17. The minimum Gasteiger partial charge on any atom is -0.454 e. The van der Waals surface area contributed by atoms with E-state index >= 15 is 0 Å². The second-order valence-corrected chi connectivity index (χ2v) is 15.7. The molecule has 2 aromatic rings. The fourth-order valence-corrected chi connectivity index (χ4v) is 8.09. The van der Waals surface area contributed by atoms with Crippen LogP contribution in [0.15, 0.2) is 53.4 Å². The first-order chi connectivity index (χ1) is 22.9. The van der Waals surface area contributed by atoms with Crippen molar-refractivity contribution in [3.63, 3.8) is 0 Å². The van der Waals surface area contributed by atoms with Gasteiger partial charge in [-0.2, -0.15) is 4.31 Å². The number of rotatable bonds is 15. The van der Waals surface area contributed by atoms with Crippen molar-refractivity contribution in [1.82, 2.24) is 14.9 Å². The Hall–Kier alpha value is -3.08. The monoisotopic (exact) mass is 707 g/mol. The number of nitrogens with one attached hydrogen (secondary N) is 2. The highest BCUT2D eigenvalue weighted by molar-refractivity contribution is 8.12. The number of thioether (sulfide) groups is 1. The molecule has 3 heterocycles. The molecule has 3 N–H and O–H groups in total. The van der Waals surface area contributed by atoms with Crippen LogP contribution in [0.5, 0.6) is 11.5 Å². The number of hydrogen-bond acceptors (Lipinski definition) is 11. The van der Waals surface area contributed by atoms with Gasteiger partial charge in [0.25, 0.3) is 5.24 Å². The van der Waals surface area contributed by atoms with Gasteiger partial charge in [-0.1, -0.05) is 55.9 Å². The number of amides is 2. The molecule has 13 nitrogen and oxygen atoms in total. The van der Waals surface area contributed by atoms with Crippen molar-refractivity contribution in [2.45, 2.75) is 69.0 Å². The lowest BCUT2D eigenvalue weighted by molar-refractivity contribution is -0.0907. The Labute approximate surface area is 286 Å². The number of benzene rings is 2. The summed E-state index contributed by atoms with van der Waals surface area (Å²) >= 11 is 1.09. The molecule has 0 bridgehead atoms. The molecule has 0 saturated carbocycles. The number of sulfonamides is 1. The first-order valence-electron chi connectivity index (χ1n) is 16.1. The SMILES string of the molecule is CSC(=O)NCCCC(C)(C)CN(C[C@@H](O)[C@H](Cc1ccccc1)NC(=O)O[C@H]1CO[C@H]2OCC[C@H]21)S(=O)(=O)c1ccc2c(c1)OCO2. The van der Waals surface area contributed by atoms with Crippen LogP contribution in [-0.2, 0) is 30.7 Å². The molecular formula is C33H45N3O10S2. The summed E-state index contributed by atoms with van der Waals surface area (Å²) in [6, 6.07) is 12.8. The second kappa shape index (κ2) is 16.1. The number of nitrogens with zero attached hydrogens (tertiary/aromatic N) is 1. The van der Waals surface area contributed by atoms with Gasteiger partial charge in [-0.15, -0.1) is 0 Å². The quantitative estimate of drug-likeness (QED) is 0.231. The zero-order valence-electron chi connectivity index (χ0n) is 27.5. The number of hydrogen-bond donors (Lipinski definition) is 3. The van der Waals surface area contributed by atoms with Crippen LogP contribution in [0.4, 0.5) is 9.59 Å². The smallest absolute Gasteiger partial charge is 0.407 e. The summed E-state index contributed by atoms with van der Waals surface area (Å²) in [6.45, 7) is 4.82. The number of aliphatic hydroxyl groups excluding tert-OH is 1. The molecule has 0 spiro atoms. The largest absolute Gasteiger partial charge is 0.454 e. The predicted octanol–water partition coefficient (Wildman–Crippen LogP) is 3.74. The van der Waals surface area contributed by atoms with Crippen LogP contribution in [-0.4, -0.2) is 99.6 Å². The maximum absolute atomic E-state index is 14.3. The Morgan fingerprint density at radius 2 is 1.90 bits per heavy atom. The maximum Gasteiger partial charge on any atom is 0.407 e. The van der Waals surface area contributed by atoms with Crippen molar-refractivity contribution in [2.24, 2.45) is 11.3 Å². The van der Waals surface area contributed by atoms with Crippen LogP contribution in [0, 0.1) is 11.3 Å². The van der Waals surface area contributed by atoms with Crippen LogP contribution in [0.25, 0.3) is 0 Å². The third-order valence-corrected chi connectivity index (χ3v) is 11.1. The van der Waals surface area contributed by atoms with Gasteiger partial charge in [-0.25, -0.2) is 13.2 Å². The van der Waals surface area contributed by atoms with E-state index in [2.05, 4.69) is 10.6 Å². The number of alkyl carbamates (subject to hydrolysis) is 1. The Bertz CT molecular complexity index is 1510. The molecule has 5 atom stereocenters. The third kappa shape index (κ3) is 9.33. The predicted molar refractivity (Wildman–Crippen MR) is 178 cm³/mol. The van der Waals surface area contributed by atoms with Crippen LogP contribution in [0.2, 0.25) is 0 Å². The molecule has 0 unspecified atom stereocenters. The minimum absolute atomic E-state index is 0.00822. The molecule has 2 amide bonds. The molecule has 5 rings (SSSR count). The van der Waals surface area contributed by atoms with Crippen LogP contribution < -0.4 is 20.1 Å². The lowest BCUT2D eigenvalue weighted by atomic mass is 9.87. The van der Waals surface area contributed by atoms with Gasteiger partial charge >= 0.3 is 6.09 Å². The first-order valence-corrected chi connectivity index (χ1v) is 18.8. The summed E-state index contributed by atoms with van der Waals surface area (Å²) in [4.78, 5) is 24.9. The van der Waals surface area contributed by atoms with Gasteiger partial charge < -0.3 is 39.4 Å². The number of aliphatic hydroxyl groups is 1. The summed E-state index contributed by atoms with van der Waals surface area (Å²) < 4.78 is 57.5. The van der Waals surface area contributed by atoms with E-state index in [1.165, 1.54) is 16.4 Å². The van der Waals surface area contributed by atoms with E-state index in [9.17, 15) is 23.1 Å². The Kier molecular flexibility index (Phi) is 12.1. The summed E-state index contributed by atoms with van der Waals surface area (Å²) in [6.07, 6.45) is 0.931. The van der Waals surface area contributed by atoms with Crippen molar-refractivity contribution in [2.75, 3.05) is 45.9 Å². The molecule has 2 saturated heterocycles. The molecule has 2 fully saturated rings. The lowest BCUT2D eigenvalue weighted by Gasteiger charge is -2.35. The molecule has 15 heteroatoms. The van der Waals surface area contributed by atoms with Crippen molar-refractivity contribution in [3.8, 4) is 11.5 Å². The zero-order valence-corrected chi connectivity index (χ0v) is 29.1. The third-order valence-electron chi connectivity index (χ3n) is 8.77. The van der Waals surface area contributed by atoms with Crippen molar-refractivity contribution in [1.29, 1.82) is 0 Å². The van der Waals surface area contributed by atoms with Crippen LogP contribution >= 0.6 is 11.8 Å². The normalized spacial score (nSPS) is 21.5. The van der Waals surface area contributed by atoms with Crippen LogP contribution in [0.1, 0.15) is 38.7 Å². The van der Waals surface area contributed by atoms with E-state index in [0.29, 0.717) is 43.9 Å². The standard InChI is InChI=1S/C33H45N3O10S2/c1-33(2,13-7-14-34-32(39)47-3)20-36(48(40,41)23-10-11-27-28(17-23)45-21-44-27)18-26(37)25(16-22-8-5-4-6-9-22)35-31(38)46-29-19-43-30-24(29)12-15-42-30/h4-6,8-11,17,24-26,29-30,37H,7,12-16,18-21H2,1-3H3,(H,34,39)(H,35,38)/t24-,25-,26+,29-,30+/m0/s1. The molecule has 48 heavy (non-hydrogen) atoms. The summed E-state index contributed by atoms with van der Waals surface area (Å²) in [7, 11) is -4.17. The summed E-state index contributed by atoms with van der Waals surface area (Å²) in [5.41, 5.74) is 0.296. The highest BCUT2D eigenvalue weighted by Gasteiger charge is 2.44.